The van der Waals surface area contributed by atoms with E-state index in [0.717, 1.165) is 38.3 Å². The van der Waals surface area contributed by atoms with Gasteiger partial charge in [0.25, 0.3) is 0 Å². The SMILES string of the molecule is O=S(=O)([O-])c1cc(Cl)ccc1Cl.O=S(=O)([O-])c1cc(Cl)ccc1Cl.[NH3+]CCNCC[NH3+]. The lowest BCUT2D eigenvalue weighted by atomic mass is 10.4. The van der Waals surface area contributed by atoms with Gasteiger partial charge in [-0.15, -0.1) is 0 Å². The molecule has 0 saturated carbocycles. The van der Waals surface area contributed by atoms with Crippen molar-refractivity contribution in [3.63, 3.8) is 0 Å². The zero-order chi connectivity index (χ0) is 24.2. The molecule has 0 aromatic heterocycles. The number of benzene rings is 2. The first kappa shape index (κ1) is 30.3. The van der Waals surface area contributed by atoms with Crippen LogP contribution in [0.3, 0.4) is 0 Å². The Morgan fingerprint density at radius 3 is 1.26 bits per heavy atom. The van der Waals surface area contributed by atoms with E-state index in [2.05, 4.69) is 16.8 Å². The highest BCUT2D eigenvalue weighted by Gasteiger charge is 2.08. The molecule has 0 radical (unpaired) electrons. The van der Waals surface area contributed by atoms with Crippen molar-refractivity contribution in [3.8, 4) is 0 Å². The molecule has 0 fully saturated rings. The molecular formula is C16H21Cl4N3O6S2. The van der Waals surface area contributed by atoms with Crippen molar-refractivity contribution in [1.29, 1.82) is 0 Å². The van der Waals surface area contributed by atoms with Crippen molar-refractivity contribution in [3.05, 3.63) is 56.5 Å². The molecule has 0 atom stereocenters. The molecule has 2 rings (SSSR count). The van der Waals surface area contributed by atoms with Gasteiger partial charge in [0, 0.05) is 23.1 Å². The van der Waals surface area contributed by atoms with Gasteiger partial charge in [0.1, 0.15) is 20.2 Å². The molecular weight excluding hydrogens is 536 g/mol. The van der Waals surface area contributed by atoms with E-state index in [9.17, 15) is 25.9 Å². The summed E-state index contributed by atoms with van der Waals surface area (Å²) in [6.07, 6.45) is 0. The molecule has 7 N–H and O–H groups in total. The molecule has 9 nitrogen and oxygen atoms in total. The quantitative estimate of drug-likeness (QED) is 0.348. The van der Waals surface area contributed by atoms with Crippen LogP contribution in [0, 0.1) is 0 Å². The predicted octanol–water partition coefficient (Wildman–Crippen LogP) is 0.855. The van der Waals surface area contributed by atoms with Gasteiger partial charge >= 0.3 is 0 Å². The summed E-state index contributed by atoms with van der Waals surface area (Å²) in [5.74, 6) is 0. The van der Waals surface area contributed by atoms with Crippen LogP contribution in [0.1, 0.15) is 0 Å². The van der Waals surface area contributed by atoms with Crippen LogP contribution in [0.2, 0.25) is 20.1 Å². The van der Waals surface area contributed by atoms with E-state index in [1.54, 1.807) is 0 Å². The number of quaternary nitrogens is 2. The Bertz CT molecular complexity index is 970. The predicted molar refractivity (Wildman–Crippen MR) is 117 cm³/mol. The highest BCUT2D eigenvalue weighted by Crippen LogP contribution is 2.25. The van der Waals surface area contributed by atoms with Crippen LogP contribution in [0.15, 0.2) is 46.2 Å². The van der Waals surface area contributed by atoms with E-state index in [1.807, 2.05) is 0 Å². The van der Waals surface area contributed by atoms with Crippen molar-refractivity contribution < 1.29 is 37.4 Å². The second-order valence-electron chi connectivity index (χ2n) is 5.51. The van der Waals surface area contributed by atoms with E-state index in [1.165, 1.54) is 24.3 Å². The van der Waals surface area contributed by atoms with E-state index in [4.69, 9.17) is 46.4 Å². The fourth-order valence-corrected chi connectivity index (χ4v) is 4.14. The third-order valence-corrected chi connectivity index (χ3v) is 6.14. The molecule has 0 aliphatic carbocycles. The van der Waals surface area contributed by atoms with Crippen molar-refractivity contribution in [1.82, 2.24) is 5.32 Å². The number of hydrogen-bond acceptors (Lipinski definition) is 7. The van der Waals surface area contributed by atoms with Gasteiger partial charge < -0.3 is 25.9 Å². The van der Waals surface area contributed by atoms with E-state index in [0.29, 0.717) is 0 Å². The van der Waals surface area contributed by atoms with E-state index < -0.39 is 30.0 Å². The van der Waals surface area contributed by atoms with Crippen LogP contribution in [-0.2, 0) is 20.2 Å². The average Bonchev–Trinajstić information content (AvgIpc) is 2.65. The number of rotatable bonds is 6. The third kappa shape index (κ3) is 12.8. The molecule has 0 heterocycles. The maximum absolute atomic E-state index is 10.5. The minimum Gasteiger partial charge on any atom is -0.744 e. The van der Waals surface area contributed by atoms with E-state index in [-0.39, 0.29) is 20.1 Å². The number of halogens is 4. The lowest BCUT2D eigenvalue weighted by Crippen LogP contribution is -2.57. The first-order chi connectivity index (χ1) is 14.2. The number of hydrogen-bond donors (Lipinski definition) is 3. The summed E-state index contributed by atoms with van der Waals surface area (Å²) in [4.78, 5) is -0.978. The monoisotopic (exact) mass is 555 g/mol. The molecule has 0 aliphatic heterocycles. The zero-order valence-electron chi connectivity index (χ0n) is 16.0. The standard InChI is InChI=1S/2C6H4Cl2O3S.C4H13N3/c2*7-4-1-2-5(8)6(3-4)12(9,10)11;5-1-3-7-4-2-6/h2*1-3H,(H,9,10,11);7H,1-6H2. The van der Waals surface area contributed by atoms with Crippen molar-refractivity contribution in [2.45, 2.75) is 9.79 Å². The lowest BCUT2D eigenvalue weighted by molar-refractivity contribution is -0.370. The molecule has 0 bridgehead atoms. The van der Waals surface area contributed by atoms with Gasteiger partial charge in [-0.3, -0.25) is 0 Å². The van der Waals surface area contributed by atoms with Crippen LogP contribution in [0.4, 0.5) is 0 Å². The largest absolute Gasteiger partial charge is 0.744 e. The molecule has 0 amide bonds. The molecule has 15 heteroatoms. The van der Waals surface area contributed by atoms with Gasteiger partial charge in [0.15, 0.2) is 0 Å². The molecule has 176 valence electrons. The molecule has 0 saturated heterocycles. The summed E-state index contributed by atoms with van der Waals surface area (Å²) in [5, 5.41) is 3.25. The highest BCUT2D eigenvalue weighted by molar-refractivity contribution is 7.86. The van der Waals surface area contributed by atoms with Gasteiger partial charge in [0.2, 0.25) is 0 Å². The van der Waals surface area contributed by atoms with Gasteiger partial charge in [0.05, 0.1) is 32.9 Å². The maximum atomic E-state index is 10.5. The molecule has 0 aliphatic rings. The molecule has 2 aromatic rings. The summed E-state index contributed by atoms with van der Waals surface area (Å²) in [6.45, 7) is 3.99. The summed E-state index contributed by atoms with van der Waals surface area (Å²) >= 11 is 21.8. The van der Waals surface area contributed by atoms with Crippen LogP contribution in [-0.4, -0.2) is 52.1 Å². The first-order valence-corrected chi connectivity index (χ1v) is 12.7. The summed E-state index contributed by atoms with van der Waals surface area (Å²) in [5.41, 5.74) is 7.35. The topological polar surface area (TPSA) is 182 Å². The Balaban J connectivity index is 0.000000454. The fourth-order valence-electron chi connectivity index (χ4n) is 1.71. The van der Waals surface area contributed by atoms with Crippen LogP contribution < -0.4 is 16.8 Å². The van der Waals surface area contributed by atoms with Gasteiger partial charge in [-0.1, -0.05) is 46.4 Å². The van der Waals surface area contributed by atoms with Gasteiger partial charge in [-0.25, -0.2) is 16.8 Å². The second kappa shape index (κ2) is 14.4. The Hall–Kier alpha value is -0.700. The Labute approximate surface area is 201 Å². The highest BCUT2D eigenvalue weighted by atomic mass is 35.5. The van der Waals surface area contributed by atoms with Gasteiger partial charge in [-0.05, 0) is 36.4 Å². The summed E-state index contributed by atoms with van der Waals surface area (Å²) < 4.78 is 63.0. The summed E-state index contributed by atoms with van der Waals surface area (Å²) in [7, 11) is -9.04. The minimum absolute atomic E-state index is 0.116. The molecule has 2 aromatic carbocycles. The lowest BCUT2D eigenvalue weighted by Gasteiger charge is -2.08. The molecule has 31 heavy (non-hydrogen) atoms. The van der Waals surface area contributed by atoms with Crippen molar-refractivity contribution in [2.24, 2.45) is 0 Å². The van der Waals surface area contributed by atoms with Crippen molar-refractivity contribution >= 4 is 66.6 Å². The third-order valence-electron chi connectivity index (χ3n) is 3.03. The first-order valence-electron chi connectivity index (χ1n) is 8.35. The minimum atomic E-state index is -4.52. The maximum Gasteiger partial charge on any atom is 0.125 e. The molecule has 0 spiro atoms. The van der Waals surface area contributed by atoms with Crippen molar-refractivity contribution in [2.75, 3.05) is 26.2 Å². The van der Waals surface area contributed by atoms with Crippen LogP contribution in [0.25, 0.3) is 0 Å². The molecule has 0 unspecified atom stereocenters. The van der Waals surface area contributed by atoms with Gasteiger partial charge in [-0.2, -0.15) is 0 Å². The number of nitrogens with one attached hydrogen (secondary N) is 1. The van der Waals surface area contributed by atoms with Crippen LogP contribution >= 0.6 is 46.4 Å². The zero-order valence-corrected chi connectivity index (χ0v) is 20.6. The second-order valence-corrected chi connectivity index (χ2v) is 9.90. The smallest absolute Gasteiger partial charge is 0.125 e. The Morgan fingerprint density at radius 2 is 1.03 bits per heavy atom. The van der Waals surface area contributed by atoms with Crippen LogP contribution in [0.5, 0.6) is 0 Å². The van der Waals surface area contributed by atoms with E-state index >= 15 is 0 Å². The fraction of sp³-hybridized carbons (Fsp3) is 0.250. The Morgan fingerprint density at radius 1 is 0.710 bits per heavy atom. The Kier molecular flexibility index (Phi) is 14.1. The average molecular weight is 557 g/mol. The summed E-state index contributed by atoms with van der Waals surface area (Å²) in [6, 6.07) is 7.36. The normalized spacial score (nSPS) is 11.1.